The Morgan fingerprint density at radius 1 is 1.30 bits per heavy atom. The van der Waals surface area contributed by atoms with Crippen LogP contribution >= 0.6 is 29.8 Å². The van der Waals surface area contributed by atoms with Crippen molar-refractivity contribution in [1.82, 2.24) is 9.76 Å². The molecule has 3 rings (SSSR count). The fourth-order valence-corrected chi connectivity index (χ4v) is 7.03. The summed E-state index contributed by atoms with van der Waals surface area (Å²) in [5.41, 5.74) is 2.68. The molecule has 1 aliphatic carbocycles. The summed E-state index contributed by atoms with van der Waals surface area (Å²) in [6.07, 6.45) is 1.08. The van der Waals surface area contributed by atoms with Gasteiger partial charge in [0.2, 0.25) is 6.57 Å². The van der Waals surface area contributed by atoms with E-state index in [0.29, 0.717) is 24.8 Å². The lowest BCUT2D eigenvalue weighted by Crippen LogP contribution is -2.29. The predicted octanol–water partition coefficient (Wildman–Crippen LogP) is 3.28. The molecule has 3 nitrogen and oxygen atoms in total. The highest BCUT2D eigenvalue weighted by atomic mass is 35.5. The van der Waals surface area contributed by atoms with Crippen molar-refractivity contribution in [2.24, 2.45) is 0 Å². The van der Waals surface area contributed by atoms with Gasteiger partial charge in [0.05, 0.1) is 12.1 Å². The zero-order valence-electron chi connectivity index (χ0n) is 11.0. The van der Waals surface area contributed by atoms with Crippen molar-refractivity contribution in [1.29, 1.82) is 0 Å². The van der Waals surface area contributed by atoms with Crippen LogP contribution in [0, 0.1) is 0 Å². The molecule has 0 amide bonds. The van der Waals surface area contributed by atoms with Gasteiger partial charge in [-0.1, -0.05) is 24.3 Å². The van der Waals surface area contributed by atoms with Crippen LogP contribution in [0.3, 0.4) is 0 Å². The van der Waals surface area contributed by atoms with Crippen molar-refractivity contribution in [3.63, 3.8) is 0 Å². The molecule has 0 saturated carbocycles. The monoisotopic (exact) mass is 350 g/mol. The number of hydrogen-bond acceptors (Lipinski definition) is 2. The molecule has 1 aliphatic heterocycles. The molecule has 0 radical (unpaired) electrons. The summed E-state index contributed by atoms with van der Waals surface area (Å²) < 4.78 is 8.36. The Kier molecular flexibility index (Phi) is 4.73. The number of nitrogens with zero attached hydrogens (tertiary/aromatic N) is 1. The maximum Gasteiger partial charge on any atom is 0.201 e. The van der Waals surface area contributed by atoms with E-state index in [1.807, 2.05) is 0 Å². The highest BCUT2D eigenvalue weighted by Crippen LogP contribution is 2.59. The molecule has 110 valence electrons. The second-order valence-corrected chi connectivity index (χ2v) is 9.32. The van der Waals surface area contributed by atoms with Crippen LogP contribution in [0.25, 0.3) is 0 Å². The highest BCUT2D eigenvalue weighted by molar-refractivity contribution is 8.10. The Bertz CT molecular complexity index is 539. The Balaban J connectivity index is 1.82. The standard InChI is InChI=1S/C13H17Cl2N2OPS/c14-5-7-17(8-6-15)19(20)16-13-11-4-2-1-3-10(11)9-12(13)18-19/h1-4,12-13H,5-9H2,(H,16,20). The second-order valence-electron chi connectivity index (χ2n) is 5.01. The van der Waals surface area contributed by atoms with E-state index in [2.05, 4.69) is 34.0 Å². The third kappa shape index (κ3) is 2.68. The van der Waals surface area contributed by atoms with Crippen LogP contribution in [-0.2, 0) is 22.8 Å². The van der Waals surface area contributed by atoms with Gasteiger partial charge >= 0.3 is 0 Å². The van der Waals surface area contributed by atoms with Crippen LogP contribution in [0.1, 0.15) is 17.2 Å². The van der Waals surface area contributed by atoms with Crippen molar-refractivity contribution in [3.05, 3.63) is 35.4 Å². The van der Waals surface area contributed by atoms with Gasteiger partial charge in [0.1, 0.15) is 0 Å². The first-order valence-corrected chi connectivity index (χ1v) is 10.4. The molecule has 20 heavy (non-hydrogen) atoms. The predicted molar refractivity (Wildman–Crippen MR) is 88.2 cm³/mol. The van der Waals surface area contributed by atoms with E-state index < -0.39 is 6.57 Å². The van der Waals surface area contributed by atoms with Gasteiger partial charge in [-0.2, -0.15) is 0 Å². The van der Waals surface area contributed by atoms with E-state index in [1.54, 1.807) is 0 Å². The molecular formula is C13H17Cl2N2OPS. The summed E-state index contributed by atoms with van der Waals surface area (Å²) in [7, 11) is 0. The SMILES string of the molecule is S=P1(N(CCCl)CCCl)NC2c3ccccc3CC2O1. The van der Waals surface area contributed by atoms with Gasteiger partial charge in [-0.05, 0) is 22.9 Å². The molecule has 1 N–H and O–H groups in total. The van der Waals surface area contributed by atoms with E-state index in [0.717, 1.165) is 6.42 Å². The molecular weight excluding hydrogens is 334 g/mol. The van der Waals surface area contributed by atoms with Crippen molar-refractivity contribution in [3.8, 4) is 0 Å². The highest BCUT2D eigenvalue weighted by Gasteiger charge is 2.47. The van der Waals surface area contributed by atoms with Gasteiger partial charge in [0.15, 0.2) is 0 Å². The molecule has 3 unspecified atom stereocenters. The van der Waals surface area contributed by atoms with Crippen molar-refractivity contribution in [2.75, 3.05) is 24.8 Å². The van der Waals surface area contributed by atoms with E-state index in [9.17, 15) is 0 Å². The lowest BCUT2D eigenvalue weighted by atomic mass is 10.1. The molecule has 0 bridgehead atoms. The Hall–Kier alpha value is 0.330. The van der Waals surface area contributed by atoms with Crippen LogP contribution in [0.15, 0.2) is 24.3 Å². The minimum absolute atomic E-state index is 0.145. The third-order valence-electron chi connectivity index (χ3n) is 3.82. The maximum absolute atomic E-state index is 6.25. The van der Waals surface area contributed by atoms with Crippen LogP contribution in [0.5, 0.6) is 0 Å². The zero-order valence-corrected chi connectivity index (χ0v) is 14.2. The van der Waals surface area contributed by atoms with Gasteiger partial charge in [0, 0.05) is 31.3 Å². The first kappa shape index (κ1) is 15.2. The third-order valence-corrected chi connectivity index (χ3v) is 7.73. The largest absolute Gasteiger partial charge is 0.321 e. The number of nitrogens with one attached hydrogen (secondary N) is 1. The van der Waals surface area contributed by atoms with Crippen molar-refractivity contribution < 1.29 is 4.52 Å². The number of rotatable bonds is 5. The summed E-state index contributed by atoms with van der Waals surface area (Å²) in [6.45, 7) is -0.783. The normalized spacial score (nSPS) is 31.6. The molecule has 1 fully saturated rings. The zero-order chi connectivity index (χ0) is 14.2. The molecule has 1 aromatic rings. The van der Waals surface area contributed by atoms with Gasteiger partial charge in [-0.25, -0.2) is 9.76 Å². The molecule has 3 atom stereocenters. The maximum atomic E-state index is 6.25. The number of alkyl halides is 2. The van der Waals surface area contributed by atoms with Crippen LogP contribution in [-0.4, -0.2) is 35.6 Å². The van der Waals surface area contributed by atoms with Crippen molar-refractivity contribution in [2.45, 2.75) is 18.6 Å². The van der Waals surface area contributed by atoms with E-state index >= 15 is 0 Å². The fourth-order valence-electron chi connectivity index (χ4n) is 2.92. The average Bonchev–Trinajstić information content (AvgIpc) is 2.93. The summed E-state index contributed by atoms with van der Waals surface area (Å²) in [5.74, 6) is 1.07. The van der Waals surface area contributed by atoms with E-state index in [-0.39, 0.29) is 12.1 Å². The lowest BCUT2D eigenvalue weighted by Gasteiger charge is -2.30. The smallest absolute Gasteiger partial charge is 0.201 e. The van der Waals surface area contributed by atoms with Crippen LogP contribution in [0.2, 0.25) is 0 Å². The molecule has 7 heteroatoms. The van der Waals surface area contributed by atoms with Crippen molar-refractivity contribution >= 4 is 41.6 Å². The van der Waals surface area contributed by atoms with Crippen LogP contribution in [0.4, 0.5) is 0 Å². The van der Waals surface area contributed by atoms with E-state index in [1.165, 1.54) is 11.1 Å². The first-order chi connectivity index (χ1) is 9.68. The molecule has 2 aliphatic rings. The number of fused-ring (bicyclic) bond motifs is 3. The number of hydrogen-bond donors (Lipinski definition) is 1. The summed E-state index contributed by atoms with van der Waals surface area (Å²) >= 11 is 17.5. The molecule has 1 aromatic carbocycles. The lowest BCUT2D eigenvalue weighted by molar-refractivity contribution is 0.226. The summed E-state index contributed by atoms with van der Waals surface area (Å²) in [5, 5.41) is 3.57. The fraction of sp³-hybridized carbons (Fsp3) is 0.538. The summed E-state index contributed by atoms with van der Waals surface area (Å²) in [4.78, 5) is 0. The topological polar surface area (TPSA) is 24.5 Å². The first-order valence-electron chi connectivity index (χ1n) is 6.69. The van der Waals surface area contributed by atoms with Gasteiger partial charge in [0.25, 0.3) is 0 Å². The average molecular weight is 351 g/mol. The number of benzene rings is 1. The summed E-state index contributed by atoms with van der Waals surface area (Å²) in [6, 6.07) is 8.68. The van der Waals surface area contributed by atoms with Crippen LogP contribution < -0.4 is 5.09 Å². The number of halogens is 2. The minimum atomic E-state index is -2.20. The van der Waals surface area contributed by atoms with E-state index in [4.69, 9.17) is 39.5 Å². The molecule has 0 aromatic heterocycles. The Morgan fingerprint density at radius 3 is 2.70 bits per heavy atom. The van der Waals surface area contributed by atoms with Gasteiger partial charge in [-0.3, -0.25) is 0 Å². The molecule has 0 spiro atoms. The quantitative estimate of drug-likeness (QED) is 0.650. The molecule has 1 heterocycles. The minimum Gasteiger partial charge on any atom is -0.321 e. The van der Waals surface area contributed by atoms with Gasteiger partial charge < -0.3 is 4.52 Å². The Morgan fingerprint density at radius 2 is 2.00 bits per heavy atom. The Labute approximate surface area is 134 Å². The van der Waals surface area contributed by atoms with Gasteiger partial charge in [-0.15, -0.1) is 23.2 Å². The second kappa shape index (κ2) is 6.21. The molecule has 1 saturated heterocycles.